The van der Waals surface area contributed by atoms with Crippen molar-refractivity contribution in [2.45, 2.75) is 50.7 Å². The number of hydrogen-bond donors (Lipinski definition) is 2. The first-order chi connectivity index (χ1) is 10.7. The van der Waals surface area contributed by atoms with E-state index in [1.54, 1.807) is 0 Å². The minimum absolute atomic E-state index is 0.0300. The van der Waals surface area contributed by atoms with Crippen molar-refractivity contribution in [3.63, 3.8) is 0 Å². The quantitative estimate of drug-likeness (QED) is 0.897. The van der Waals surface area contributed by atoms with Crippen LogP contribution in [0.5, 0.6) is 5.75 Å². The van der Waals surface area contributed by atoms with Crippen LogP contribution in [0.3, 0.4) is 0 Å². The summed E-state index contributed by atoms with van der Waals surface area (Å²) in [6.07, 6.45) is 5.51. The number of aliphatic hydroxyl groups excluding tert-OH is 1. The lowest BCUT2D eigenvalue weighted by Gasteiger charge is -2.39. The van der Waals surface area contributed by atoms with E-state index < -0.39 is 0 Å². The Morgan fingerprint density at radius 3 is 2.82 bits per heavy atom. The second kappa shape index (κ2) is 5.58. The highest BCUT2D eigenvalue weighted by Gasteiger charge is 2.37. The van der Waals surface area contributed by atoms with Crippen LogP contribution in [0, 0.1) is 11.8 Å². The highest BCUT2D eigenvalue weighted by Crippen LogP contribution is 2.40. The molecule has 4 heteroatoms. The Hall–Kier alpha value is -1.55. The molecule has 0 unspecified atom stereocenters. The fraction of sp³-hybridized carbons (Fsp3) is 0.611. The molecule has 2 N–H and O–H groups in total. The van der Waals surface area contributed by atoms with Crippen LogP contribution >= 0.6 is 0 Å². The molecular weight excluding hydrogens is 278 g/mol. The van der Waals surface area contributed by atoms with Gasteiger partial charge in [0, 0.05) is 12.3 Å². The molecule has 0 radical (unpaired) electrons. The number of benzene rings is 1. The van der Waals surface area contributed by atoms with Gasteiger partial charge in [-0.25, -0.2) is 0 Å². The molecule has 0 saturated heterocycles. The maximum atomic E-state index is 12.4. The summed E-state index contributed by atoms with van der Waals surface area (Å²) in [6.45, 7) is 0.750. The monoisotopic (exact) mass is 301 g/mol. The van der Waals surface area contributed by atoms with Gasteiger partial charge in [-0.1, -0.05) is 12.5 Å². The summed E-state index contributed by atoms with van der Waals surface area (Å²) in [5, 5.41) is 12.9. The zero-order valence-electron chi connectivity index (χ0n) is 12.8. The average Bonchev–Trinajstić information content (AvgIpc) is 2.87. The minimum atomic E-state index is -0.203. The van der Waals surface area contributed by atoms with Gasteiger partial charge in [-0.2, -0.15) is 0 Å². The number of nitrogens with one attached hydrogen (secondary N) is 1. The summed E-state index contributed by atoms with van der Waals surface area (Å²) in [6, 6.07) is 6.30. The van der Waals surface area contributed by atoms with Gasteiger partial charge in [0.15, 0.2) is 0 Å². The number of carbonyl (C=O) groups excluding carboxylic acids is 1. The fourth-order valence-corrected chi connectivity index (χ4v) is 3.72. The van der Waals surface area contributed by atoms with E-state index in [1.807, 2.05) is 6.07 Å². The van der Waals surface area contributed by atoms with Gasteiger partial charge in [-0.15, -0.1) is 0 Å². The Morgan fingerprint density at radius 2 is 2.14 bits per heavy atom. The second-order valence-corrected chi connectivity index (χ2v) is 6.97. The van der Waals surface area contributed by atoms with E-state index in [0.717, 1.165) is 50.0 Å². The van der Waals surface area contributed by atoms with Gasteiger partial charge in [-0.3, -0.25) is 4.79 Å². The van der Waals surface area contributed by atoms with E-state index in [0.29, 0.717) is 5.92 Å². The molecule has 1 heterocycles. The molecule has 1 atom stereocenters. The maximum absolute atomic E-state index is 12.4. The van der Waals surface area contributed by atoms with Gasteiger partial charge in [0.2, 0.25) is 5.91 Å². The van der Waals surface area contributed by atoms with E-state index in [9.17, 15) is 9.90 Å². The van der Waals surface area contributed by atoms with Crippen LogP contribution in [0.4, 0.5) is 0 Å². The second-order valence-electron chi connectivity index (χ2n) is 6.97. The number of aliphatic hydroxyl groups is 1. The lowest BCUT2D eigenvalue weighted by atomic mass is 9.74. The summed E-state index contributed by atoms with van der Waals surface area (Å²) >= 11 is 0. The molecule has 0 spiro atoms. The normalized spacial score (nSPS) is 28.0. The average molecular weight is 301 g/mol. The number of hydrogen-bond acceptors (Lipinski definition) is 3. The van der Waals surface area contributed by atoms with Crippen molar-refractivity contribution in [2.24, 2.45) is 11.8 Å². The predicted molar refractivity (Wildman–Crippen MR) is 82.6 cm³/mol. The predicted octanol–water partition coefficient (Wildman–Crippen LogP) is 2.35. The van der Waals surface area contributed by atoms with E-state index >= 15 is 0 Å². The Morgan fingerprint density at radius 1 is 1.32 bits per heavy atom. The third-order valence-corrected chi connectivity index (χ3v) is 5.47. The zero-order valence-corrected chi connectivity index (χ0v) is 12.8. The van der Waals surface area contributed by atoms with Gasteiger partial charge in [0.25, 0.3) is 0 Å². The topological polar surface area (TPSA) is 58.6 Å². The Bertz CT molecular complexity index is 576. The first kappa shape index (κ1) is 14.1. The van der Waals surface area contributed by atoms with E-state index in [2.05, 4.69) is 17.4 Å². The van der Waals surface area contributed by atoms with E-state index in [4.69, 9.17) is 4.74 Å². The van der Waals surface area contributed by atoms with Crippen molar-refractivity contribution in [1.29, 1.82) is 0 Å². The van der Waals surface area contributed by atoms with Crippen LogP contribution in [0.15, 0.2) is 18.2 Å². The molecule has 1 amide bonds. The fourth-order valence-electron chi connectivity index (χ4n) is 3.72. The SMILES string of the molecule is O=C(N[C@@H](c1ccc2c(c1)CCO2)C1CC(O)C1)C1CCC1. The highest BCUT2D eigenvalue weighted by atomic mass is 16.5. The minimum Gasteiger partial charge on any atom is -0.493 e. The molecule has 2 saturated carbocycles. The summed E-state index contributed by atoms with van der Waals surface area (Å²) in [5.41, 5.74) is 2.40. The first-order valence-corrected chi connectivity index (χ1v) is 8.45. The number of rotatable bonds is 4. The van der Waals surface area contributed by atoms with Gasteiger partial charge in [-0.05, 0) is 54.9 Å². The third-order valence-electron chi connectivity index (χ3n) is 5.47. The lowest BCUT2D eigenvalue weighted by molar-refractivity contribution is -0.129. The molecule has 1 aromatic carbocycles. The molecule has 0 bridgehead atoms. The molecule has 4 nitrogen and oxygen atoms in total. The molecule has 1 aliphatic heterocycles. The van der Waals surface area contributed by atoms with Crippen molar-refractivity contribution >= 4 is 5.91 Å². The highest BCUT2D eigenvalue weighted by molar-refractivity contribution is 5.80. The zero-order chi connectivity index (χ0) is 15.1. The van der Waals surface area contributed by atoms with Gasteiger partial charge < -0.3 is 15.2 Å². The molecule has 118 valence electrons. The van der Waals surface area contributed by atoms with Crippen LogP contribution in [-0.2, 0) is 11.2 Å². The summed E-state index contributed by atoms with van der Waals surface area (Å²) in [4.78, 5) is 12.4. The molecule has 3 aliphatic rings. The van der Waals surface area contributed by atoms with Crippen LogP contribution in [0.25, 0.3) is 0 Å². The molecule has 2 fully saturated rings. The van der Waals surface area contributed by atoms with Crippen molar-refractivity contribution < 1.29 is 14.6 Å². The van der Waals surface area contributed by atoms with Crippen molar-refractivity contribution in [1.82, 2.24) is 5.32 Å². The van der Waals surface area contributed by atoms with Crippen molar-refractivity contribution in [3.8, 4) is 5.75 Å². The molecule has 0 aromatic heterocycles. The number of amides is 1. The summed E-state index contributed by atoms with van der Waals surface area (Å²) in [5.74, 6) is 1.71. The summed E-state index contributed by atoms with van der Waals surface area (Å²) in [7, 11) is 0. The van der Waals surface area contributed by atoms with E-state index in [1.165, 1.54) is 12.0 Å². The largest absolute Gasteiger partial charge is 0.493 e. The molecule has 1 aromatic rings. The number of ether oxygens (including phenoxy) is 1. The molecule has 2 aliphatic carbocycles. The van der Waals surface area contributed by atoms with Crippen molar-refractivity contribution in [2.75, 3.05) is 6.61 Å². The van der Waals surface area contributed by atoms with Crippen molar-refractivity contribution in [3.05, 3.63) is 29.3 Å². The van der Waals surface area contributed by atoms with Gasteiger partial charge >= 0.3 is 0 Å². The standard InChI is InChI=1S/C18H23NO3/c20-15-9-14(10-15)17(19-18(21)11-2-1-3-11)13-4-5-16-12(8-13)6-7-22-16/h4-5,8,11,14-15,17,20H,1-3,6-7,9-10H2,(H,19,21)/t14?,15?,17-/m0/s1. The van der Waals surface area contributed by atoms with Gasteiger partial charge in [0.05, 0.1) is 18.8 Å². The number of fused-ring (bicyclic) bond motifs is 1. The smallest absolute Gasteiger partial charge is 0.223 e. The summed E-state index contributed by atoms with van der Waals surface area (Å²) < 4.78 is 5.57. The Balaban J connectivity index is 1.55. The maximum Gasteiger partial charge on any atom is 0.223 e. The van der Waals surface area contributed by atoms with Crippen LogP contribution in [0.1, 0.15) is 49.3 Å². The third kappa shape index (κ3) is 2.50. The van der Waals surface area contributed by atoms with Gasteiger partial charge in [0.1, 0.15) is 5.75 Å². The van der Waals surface area contributed by atoms with Crippen LogP contribution < -0.4 is 10.1 Å². The van der Waals surface area contributed by atoms with Crippen LogP contribution in [-0.4, -0.2) is 23.7 Å². The Kier molecular flexibility index (Phi) is 3.57. The van der Waals surface area contributed by atoms with Crippen LogP contribution in [0.2, 0.25) is 0 Å². The number of carbonyl (C=O) groups is 1. The van der Waals surface area contributed by atoms with E-state index in [-0.39, 0.29) is 24.0 Å². The molecule has 22 heavy (non-hydrogen) atoms. The molecular formula is C18H23NO3. The Labute approximate surface area is 130 Å². The molecule has 4 rings (SSSR count). The first-order valence-electron chi connectivity index (χ1n) is 8.45. The lowest BCUT2D eigenvalue weighted by Crippen LogP contribution is -2.44.